The molecule has 1 amide bonds. The topological polar surface area (TPSA) is 84.2 Å². The molecule has 1 aromatic carbocycles. The third kappa shape index (κ3) is 5.22. The first-order valence-electron chi connectivity index (χ1n) is 11.7. The number of anilines is 1. The SMILES string of the molecule is O=C(NCc1ccc(N2CCCCCC2)nc1)c1oc2ccccc2c1CSc1ncccn1. The average Bonchev–Trinajstić information content (AvgIpc) is 3.04. The van der Waals surface area contributed by atoms with Gasteiger partial charge >= 0.3 is 0 Å². The summed E-state index contributed by atoms with van der Waals surface area (Å²) in [5, 5.41) is 4.59. The third-order valence-corrected chi connectivity index (χ3v) is 6.89. The van der Waals surface area contributed by atoms with Crippen LogP contribution in [-0.4, -0.2) is 33.9 Å². The molecule has 5 rings (SSSR count). The van der Waals surface area contributed by atoms with Crippen LogP contribution in [0, 0.1) is 0 Å². The molecule has 8 heteroatoms. The molecule has 0 radical (unpaired) electrons. The molecule has 0 spiro atoms. The predicted molar refractivity (Wildman–Crippen MR) is 134 cm³/mol. The van der Waals surface area contributed by atoms with Gasteiger partial charge in [-0.3, -0.25) is 4.79 Å². The van der Waals surface area contributed by atoms with E-state index >= 15 is 0 Å². The monoisotopic (exact) mass is 473 g/mol. The number of carbonyl (C=O) groups excluding carboxylic acids is 1. The fraction of sp³-hybridized carbons (Fsp3) is 0.308. The highest BCUT2D eigenvalue weighted by molar-refractivity contribution is 7.98. The molecular formula is C26H27N5O2S. The number of hydrogen-bond donors (Lipinski definition) is 1. The van der Waals surface area contributed by atoms with Crippen LogP contribution in [0.2, 0.25) is 0 Å². The molecule has 1 fully saturated rings. The summed E-state index contributed by atoms with van der Waals surface area (Å²) < 4.78 is 5.96. The number of furan rings is 1. The van der Waals surface area contributed by atoms with E-state index in [0.29, 0.717) is 28.8 Å². The zero-order valence-corrected chi connectivity index (χ0v) is 19.8. The van der Waals surface area contributed by atoms with Crippen LogP contribution < -0.4 is 10.2 Å². The van der Waals surface area contributed by atoms with Crippen LogP contribution in [0.5, 0.6) is 0 Å². The first-order chi connectivity index (χ1) is 16.8. The first kappa shape index (κ1) is 22.4. The molecule has 1 N–H and O–H groups in total. The number of nitrogens with zero attached hydrogens (tertiary/aromatic N) is 4. The molecule has 1 aliphatic rings. The van der Waals surface area contributed by atoms with Crippen LogP contribution in [0.1, 0.15) is 47.4 Å². The Morgan fingerprint density at radius 2 is 1.76 bits per heavy atom. The molecule has 4 aromatic rings. The Morgan fingerprint density at radius 3 is 2.53 bits per heavy atom. The molecule has 0 bridgehead atoms. The lowest BCUT2D eigenvalue weighted by atomic mass is 10.1. The van der Waals surface area contributed by atoms with Gasteiger partial charge < -0.3 is 14.6 Å². The van der Waals surface area contributed by atoms with E-state index < -0.39 is 0 Å². The lowest BCUT2D eigenvalue weighted by Crippen LogP contribution is -2.25. The van der Waals surface area contributed by atoms with Gasteiger partial charge in [0.25, 0.3) is 5.91 Å². The average molecular weight is 474 g/mol. The zero-order valence-electron chi connectivity index (χ0n) is 18.9. The van der Waals surface area contributed by atoms with E-state index in [0.717, 1.165) is 35.4 Å². The standard InChI is InChI=1S/C26H27N5O2S/c32-25(30-17-19-10-11-23(29-16-19)31-14-5-1-2-6-15-31)24-21(18-34-26-27-12-7-13-28-26)20-8-3-4-9-22(20)33-24/h3-4,7-13,16H,1-2,5-6,14-15,17-18H2,(H,30,32). The van der Waals surface area contributed by atoms with Crippen molar-refractivity contribution in [3.63, 3.8) is 0 Å². The number of pyridine rings is 1. The maximum Gasteiger partial charge on any atom is 0.287 e. The van der Waals surface area contributed by atoms with Crippen LogP contribution in [0.3, 0.4) is 0 Å². The van der Waals surface area contributed by atoms with E-state index in [1.54, 1.807) is 18.5 Å². The van der Waals surface area contributed by atoms with E-state index in [1.807, 2.05) is 36.5 Å². The van der Waals surface area contributed by atoms with Gasteiger partial charge in [-0.05, 0) is 36.6 Å². The summed E-state index contributed by atoms with van der Waals surface area (Å²) in [5.74, 6) is 1.64. The quantitative estimate of drug-likeness (QED) is 0.291. The molecule has 0 atom stereocenters. The second-order valence-electron chi connectivity index (χ2n) is 8.33. The maximum absolute atomic E-state index is 13.1. The van der Waals surface area contributed by atoms with E-state index in [4.69, 9.17) is 4.42 Å². The molecule has 0 unspecified atom stereocenters. The molecule has 4 heterocycles. The highest BCUT2D eigenvalue weighted by Crippen LogP contribution is 2.31. The van der Waals surface area contributed by atoms with Crippen molar-refractivity contribution in [2.45, 2.75) is 43.1 Å². The molecule has 174 valence electrons. The Morgan fingerprint density at radius 1 is 0.971 bits per heavy atom. The predicted octanol–water partition coefficient (Wildman–Crippen LogP) is 5.22. The van der Waals surface area contributed by atoms with Crippen molar-refractivity contribution in [3.8, 4) is 0 Å². The summed E-state index contributed by atoms with van der Waals surface area (Å²) in [6, 6.07) is 13.6. The van der Waals surface area contributed by atoms with Crippen molar-refractivity contribution < 1.29 is 9.21 Å². The Kier molecular flexibility index (Phi) is 7.05. The highest BCUT2D eigenvalue weighted by Gasteiger charge is 2.21. The second-order valence-corrected chi connectivity index (χ2v) is 9.28. The van der Waals surface area contributed by atoms with Crippen molar-refractivity contribution >= 4 is 34.5 Å². The Bertz CT molecular complexity index is 1240. The van der Waals surface area contributed by atoms with Crippen LogP contribution in [0.15, 0.2) is 70.6 Å². The number of nitrogens with one attached hydrogen (secondary N) is 1. The highest BCUT2D eigenvalue weighted by atomic mass is 32.2. The van der Waals surface area contributed by atoms with Crippen molar-refractivity contribution in [2.24, 2.45) is 0 Å². The molecule has 3 aromatic heterocycles. The number of carbonyl (C=O) groups is 1. The minimum atomic E-state index is -0.239. The van der Waals surface area contributed by atoms with Gasteiger partial charge in [0, 0.05) is 54.9 Å². The number of para-hydroxylation sites is 1. The zero-order chi connectivity index (χ0) is 23.2. The van der Waals surface area contributed by atoms with Gasteiger partial charge in [0.15, 0.2) is 10.9 Å². The fourth-order valence-electron chi connectivity index (χ4n) is 4.19. The van der Waals surface area contributed by atoms with Crippen LogP contribution in [0.4, 0.5) is 5.82 Å². The van der Waals surface area contributed by atoms with Gasteiger partial charge in [-0.25, -0.2) is 15.0 Å². The van der Waals surface area contributed by atoms with Gasteiger partial charge in [0.05, 0.1) is 0 Å². The number of hydrogen-bond acceptors (Lipinski definition) is 7. The number of thioether (sulfide) groups is 1. The Balaban J connectivity index is 1.27. The summed E-state index contributed by atoms with van der Waals surface area (Å²) in [5.41, 5.74) is 2.50. The van der Waals surface area contributed by atoms with Gasteiger partial charge in [-0.1, -0.05) is 48.9 Å². The summed E-state index contributed by atoms with van der Waals surface area (Å²) in [7, 11) is 0. The lowest BCUT2D eigenvalue weighted by Gasteiger charge is -2.21. The number of benzene rings is 1. The fourth-order valence-corrected chi connectivity index (χ4v) is 5.02. The van der Waals surface area contributed by atoms with Gasteiger partial charge in [-0.2, -0.15) is 0 Å². The van der Waals surface area contributed by atoms with Crippen LogP contribution in [-0.2, 0) is 12.3 Å². The van der Waals surface area contributed by atoms with E-state index in [9.17, 15) is 4.79 Å². The van der Waals surface area contributed by atoms with E-state index in [2.05, 4.69) is 31.2 Å². The Labute approximate surface area is 203 Å². The largest absolute Gasteiger partial charge is 0.451 e. The maximum atomic E-state index is 13.1. The first-order valence-corrected chi connectivity index (χ1v) is 12.6. The molecule has 34 heavy (non-hydrogen) atoms. The molecule has 1 aliphatic heterocycles. The molecule has 7 nitrogen and oxygen atoms in total. The van der Waals surface area contributed by atoms with Crippen molar-refractivity contribution in [2.75, 3.05) is 18.0 Å². The molecule has 0 saturated carbocycles. The van der Waals surface area contributed by atoms with E-state index in [-0.39, 0.29) is 5.91 Å². The molecule has 0 aliphatic carbocycles. The molecule has 1 saturated heterocycles. The lowest BCUT2D eigenvalue weighted by molar-refractivity contribution is 0.0924. The smallest absolute Gasteiger partial charge is 0.287 e. The Hall–Kier alpha value is -3.39. The summed E-state index contributed by atoms with van der Waals surface area (Å²) in [6.45, 7) is 2.51. The van der Waals surface area contributed by atoms with Crippen molar-refractivity contribution in [1.82, 2.24) is 20.3 Å². The van der Waals surface area contributed by atoms with Crippen molar-refractivity contribution in [3.05, 3.63) is 77.9 Å². The van der Waals surface area contributed by atoms with Gasteiger partial charge in [0.1, 0.15) is 11.4 Å². The summed E-state index contributed by atoms with van der Waals surface area (Å²) in [4.78, 5) is 28.6. The normalized spacial score (nSPS) is 14.2. The van der Waals surface area contributed by atoms with Crippen molar-refractivity contribution in [1.29, 1.82) is 0 Å². The summed E-state index contributed by atoms with van der Waals surface area (Å²) in [6.07, 6.45) is 10.3. The van der Waals surface area contributed by atoms with Crippen LogP contribution >= 0.6 is 11.8 Å². The minimum absolute atomic E-state index is 0.239. The third-order valence-electron chi connectivity index (χ3n) is 5.98. The molecular weight excluding hydrogens is 446 g/mol. The number of amides is 1. The number of aromatic nitrogens is 3. The van der Waals surface area contributed by atoms with E-state index in [1.165, 1.54) is 37.4 Å². The van der Waals surface area contributed by atoms with Gasteiger partial charge in [0.2, 0.25) is 0 Å². The van der Waals surface area contributed by atoms with Crippen LogP contribution in [0.25, 0.3) is 11.0 Å². The number of fused-ring (bicyclic) bond motifs is 1. The van der Waals surface area contributed by atoms with Gasteiger partial charge in [-0.15, -0.1) is 0 Å². The summed E-state index contributed by atoms with van der Waals surface area (Å²) >= 11 is 1.48. The second kappa shape index (κ2) is 10.7. The number of rotatable bonds is 7. The minimum Gasteiger partial charge on any atom is -0.451 e.